The fourth-order valence-electron chi connectivity index (χ4n) is 5.04. The number of amides is 2. The molecule has 0 unspecified atom stereocenters. The Morgan fingerprint density at radius 3 is 2.24 bits per heavy atom. The van der Waals surface area contributed by atoms with Gasteiger partial charge in [-0.1, -0.05) is 11.6 Å². The number of nitrogens with zero attached hydrogens (tertiary/aromatic N) is 2. The van der Waals surface area contributed by atoms with Crippen LogP contribution < -0.4 is 20.3 Å². The highest BCUT2D eigenvalue weighted by atomic mass is 35.5. The van der Waals surface area contributed by atoms with Crippen LogP contribution in [0.25, 0.3) is 0 Å². The lowest BCUT2D eigenvalue weighted by Crippen LogP contribution is -2.55. The second-order valence-corrected chi connectivity index (χ2v) is 10.6. The third-order valence-corrected chi connectivity index (χ3v) is 7.24. The van der Waals surface area contributed by atoms with Crippen LogP contribution in [0.15, 0.2) is 42.6 Å². The van der Waals surface area contributed by atoms with Gasteiger partial charge in [0.05, 0.1) is 5.56 Å². The van der Waals surface area contributed by atoms with Crippen molar-refractivity contribution < 1.29 is 14.3 Å². The number of pyridine rings is 1. The number of benzene rings is 1. The molecular weight excluding hydrogens is 452 g/mol. The number of fused-ring (bicyclic) bond motifs is 2. The van der Waals surface area contributed by atoms with Crippen molar-refractivity contribution in [1.82, 2.24) is 15.6 Å². The molecule has 5 rings (SSSR count). The van der Waals surface area contributed by atoms with Crippen LogP contribution >= 0.6 is 11.6 Å². The molecule has 3 aliphatic rings. The van der Waals surface area contributed by atoms with Crippen LogP contribution in [0.2, 0.25) is 5.02 Å². The number of nitrogens with one attached hydrogen (secondary N) is 2. The van der Waals surface area contributed by atoms with Gasteiger partial charge in [0.1, 0.15) is 11.6 Å². The predicted molar refractivity (Wildman–Crippen MR) is 131 cm³/mol. The van der Waals surface area contributed by atoms with E-state index >= 15 is 0 Å². The van der Waals surface area contributed by atoms with E-state index < -0.39 is 5.60 Å². The second-order valence-electron chi connectivity index (χ2n) is 10.2. The fourth-order valence-corrected chi connectivity index (χ4v) is 5.17. The Hall–Kier alpha value is -2.80. The smallest absolute Gasteiger partial charge is 0.263 e. The first-order valence-electron chi connectivity index (χ1n) is 12.1. The molecule has 1 aromatic heterocycles. The average Bonchev–Trinajstić information content (AvgIpc) is 3.58. The Labute approximate surface area is 205 Å². The largest absolute Gasteiger partial charge is 0.478 e. The average molecular weight is 483 g/mol. The molecule has 2 bridgehead atoms. The highest BCUT2D eigenvalue weighted by Gasteiger charge is 2.43. The zero-order chi connectivity index (χ0) is 23.9. The molecule has 180 valence electrons. The van der Waals surface area contributed by atoms with Gasteiger partial charge in [-0.15, -0.1) is 0 Å². The molecule has 2 saturated heterocycles. The Kier molecular flexibility index (Phi) is 6.15. The minimum absolute atomic E-state index is 0.0469. The third-order valence-electron chi connectivity index (χ3n) is 6.99. The molecule has 2 N–H and O–H groups in total. The summed E-state index contributed by atoms with van der Waals surface area (Å²) >= 11 is 5.94. The summed E-state index contributed by atoms with van der Waals surface area (Å²) in [6.45, 7) is 3.57. The number of rotatable bonds is 7. The van der Waals surface area contributed by atoms with Crippen molar-refractivity contribution in [3.05, 3.63) is 53.2 Å². The lowest BCUT2D eigenvalue weighted by atomic mass is 9.96. The van der Waals surface area contributed by atoms with Crippen molar-refractivity contribution in [3.63, 3.8) is 0 Å². The zero-order valence-electron chi connectivity index (χ0n) is 19.6. The Morgan fingerprint density at radius 2 is 1.65 bits per heavy atom. The summed E-state index contributed by atoms with van der Waals surface area (Å²) in [4.78, 5) is 32.3. The summed E-state index contributed by atoms with van der Waals surface area (Å²) in [5, 5.41) is 6.85. The van der Waals surface area contributed by atoms with E-state index in [1.165, 1.54) is 0 Å². The molecule has 1 aliphatic carbocycles. The molecular formula is C26H31ClN4O3. The topological polar surface area (TPSA) is 83.6 Å². The molecule has 1 aromatic carbocycles. The minimum atomic E-state index is -0.998. The molecule has 1 saturated carbocycles. The van der Waals surface area contributed by atoms with Crippen molar-refractivity contribution >= 4 is 29.2 Å². The molecule has 3 atom stereocenters. The number of anilines is 1. The zero-order valence-corrected chi connectivity index (χ0v) is 20.3. The van der Waals surface area contributed by atoms with Crippen LogP contribution in [0, 0.1) is 0 Å². The highest BCUT2D eigenvalue weighted by Crippen LogP contribution is 2.38. The first kappa shape index (κ1) is 23.0. The molecule has 2 aliphatic heterocycles. The van der Waals surface area contributed by atoms with Crippen LogP contribution in [-0.2, 0) is 4.79 Å². The number of piperidine rings is 1. The fraction of sp³-hybridized carbons (Fsp3) is 0.500. The van der Waals surface area contributed by atoms with Gasteiger partial charge in [0.2, 0.25) is 0 Å². The standard InChI is InChI=1S/C26H31ClN4O3/c1-26(2,34-22-10-4-17(27)5-11-22)25(33)30-19-13-20-8-9-21(14-19)31(20)23-12-3-16(15-28-23)24(32)29-18-6-7-18/h3-5,10-12,15,18-21H,6-9,13-14H2,1-2H3,(H,29,32)(H,30,33)/t19-,20+,21-. The SMILES string of the molecule is CC(C)(Oc1ccc(Cl)cc1)C(=O)N[C@H]1C[C@H]2CC[C@@H](C1)N2c1ccc(C(=O)NC2CC2)cn1. The lowest BCUT2D eigenvalue weighted by molar-refractivity contribution is -0.135. The van der Waals surface area contributed by atoms with Gasteiger partial charge in [0.15, 0.2) is 5.60 Å². The molecule has 2 amide bonds. The Bertz CT molecular complexity index is 1040. The third kappa shape index (κ3) is 4.99. The van der Waals surface area contributed by atoms with E-state index in [9.17, 15) is 9.59 Å². The molecule has 3 heterocycles. The summed E-state index contributed by atoms with van der Waals surface area (Å²) in [5.74, 6) is 1.35. The normalized spacial score (nSPS) is 24.0. The molecule has 2 aromatic rings. The van der Waals surface area contributed by atoms with E-state index in [2.05, 4.69) is 20.5 Å². The number of hydrogen-bond acceptors (Lipinski definition) is 5. The number of carbonyl (C=O) groups is 2. The van der Waals surface area contributed by atoms with Gasteiger partial charge in [0.25, 0.3) is 11.8 Å². The number of carbonyl (C=O) groups excluding carboxylic acids is 2. The van der Waals surface area contributed by atoms with Crippen LogP contribution in [0.4, 0.5) is 5.82 Å². The highest BCUT2D eigenvalue weighted by molar-refractivity contribution is 6.30. The van der Waals surface area contributed by atoms with E-state index in [0.29, 0.717) is 34.5 Å². The van der Waals surface area contributed by atoms with Crippen molar-refractivity contribution in [2.75, 3.05) is 4.90 Å². The maximum atomic E-state index is 13.0. The summed E-state index contributed by atoms with van der Waals surface area (Å²) in [5.41, 5.74) is -0.393. The second kappa shape index (κ2) is 9.10. The van der Waals surface area contributed by atoms with Crippen molar-refractivity contribution in [1.29, 1.82) is 0 Å². The summed E-state index contributed by atoms with van der Waals surface area (Å²) in [6.07, 6.45) is 7.69. The maximum absolute atomic E-state index is 13.0. The van der Waals surface area contributed by atoms with E-state index in [1.807, 2.05) is 12.1 Å². The molecule has 7 nitrogen and oxygen atoms in total. The van der Waals surface area contributed by atoms with Crippen molar-refractivity contribution in [3.8, 4) is 5.75 Å². The molecule has 0 spiro atoms. The summed E-state index contributed by atoms with van der Waals surface area (Å²) < 4.78 is 5.95. The quantitative estimate of drug-likeness (QED) is 0.620. The van der Waals surface area contributed by atoms with Gasteiger partial charge < -0.3 is 20.3 Å². The maximum Gasteiger partial charge on any atom is 0.263 e. The van der Waals surface area contributed by atoms with Crippen molar-refractivity contribution in [2.45, 2.75) is 82.1 Å². The molecule has 8 heteroatoms. The van der Waals surface area contributed by atoms with E-state index in [4.69, 9.17) is 16.3 Å². The molecule has 34 heavy (non-hydrogen) atoms. The number of hydrogen-bond donors (Lipinski definition) is 2. The van der Waals surface area contributed by atoms with Gasteiger partial charge in [0, 0.05) is 35.4 Å². The first-order valence-corrected chi connectivity index (χ1v) is 12.5. The Balaban J connectivity index is 1.19. The van der Waals surface area contributed by atoms with Crippen LogP contribution in [-0.4, -0.2) is 46.6 Å². The molecule has 0 radical (unpaired) electrons. The number of aromatic nitrogens is 1. The van der Waals surface area contributed by atoms with Gasteiger partial charge >= 0.3 is 0 Å². The van der Waals surface area contributed by atoms with E-state index in [1.54, 1.807) is 44.3 Å². The van der Waals surface area contributed by atoms with Gasteiger partial charge in [-0.05, 0) is 88.8 Å². The van der Waals surface area contributed by atoms with E-state index in [0.717, 1.165) is 44.3 Å². The molecule has 3 fully saturated rings. The van der Waals surface area contributed by atoms with Gasteiger partial charge in [-0.3, -0.25) is 9.59 Å². The van der Waals surface area contributed by atoms with Gasteiger partial charge in [-0.2, -0.15) is 0 Å². The minimum Gasteiger partial charge on any atom is -0.478 e. The van der Waals surface area contributed by atoms with Crippen LogP contribution in [0.1, 0.15) is 62.7 Å². The van der Waals surface area contributed by atoms with Crippen LogP contribution in [0.5, 0.6) is 5.75 Å². The lowest BCUT2D eigenvalue weighted by Gasteiger charge is -2.40. The monoisotopic (exact) mass is 482 g/mol. The number of ether oxygens (including phenoxy) is 1. The summed E-state index contributed by atoms with van der Waals surface area (Å²) in [6, 6.07) is 11.9. The van der Waals surface area contributed by atoms with Gasteiger partial charge in [-0.25, -0.2) is 4.98 Å². The number of halogens is 1. The van der Waals surface area contributed by atoms with E-state index in [-0.39, 0.29) is 17.9 Å². The van der Waals surface area contributed by atoms with Crippen LogP contribution in [0.3, 0.4) is 0 Å². The summed E-state index contributed by atoms with van der Waals surface area (Å²) in [7, 11) is 0. The Morgan fingerprint density at radius 1 is 0.971 bits per heavy atom. The van der Waals surface area contributed by atoms with Crippen molar-refractivity contribution in [2.24, 2.45) is 0 Å². The first-order chi connectivity index (χ1) is 16.3. The predicted octanol–water partition coefficient (Wildman–Crippen LogP) is 4.10.